The van der Waals surface area contributed by atoms with E-state index in [1.54, 1.807) is 0 Å². The van der Waals surface area contributed by atoms with Crippen LogP contribution in [0.5, 0.6) is 0 Å². The molecule has 1 saturated heterocycles. The van der Waals surface area contributed by atoms with Crippen LogP contribution in [0.25, 0.3) is 0 Å². The Hall–Kier alpha value is -1.00. The third-order valence-electron chi connectivity index (χ3n) is 3.58. The molecule has 0 aromatic heterocycles. The van der Waals surface area contributed by atoms with E-state index in [4.69, 9.17) is 0 Å². The zero-order valence-electron chi connectivity index (χ0n) is 10.8. The molecule has 0 unspecified atom stereocenters. The van der Waals surface area contributed by atoms with Crippen LogP contribution >= 0.6 is 12.6 Å². The van der Waals surface area contributed by atoms with Crippen LogP contribution in [0.4, 0.5) is 0 Å². The molecule has 1 fully saturated rings. The number of nitrogens with zero attached hydrogens (tertiary/aromatic N) is 1. The topological polar surface area (TPSA) is 40.5 Å². The van der Waals surface area contributed by atoms with Crippen LogP contribution in [0.15, 0.2) is 23.1 Å². The lowest BCUT2D eigenvalue weighted by molar-refractivity contribution is -0.00204. The van der Waals surface area contributed by atoms with Gasteiger partial charge < -0.3 is 10.0 Å². The fourth-order valence-corrected chi connectivity index (χ4v) is 2.41. The highest BCUT2D eigenvalue weighted by atomic mass is 32.1. The predicted octanol–water partition coefficient (Wildman–Crippen LogP) is 2.27. The number of aryl methyl sites for hydroxylation is 1. The summed E-state index contributed by atoms with van der Waals surface area (Å²) in [6.45, 7) is 4.99. The summed E-state index contributed by atoms with van der Waals surface area (Å²) < 4.78 is 0. The van der Waals surface area contributed by atoms with Gasteiger partial charge in [-0.25, -0.2) is 0 Å². The average molecular weight is 265 g/mol. The normalized spacial score (nSPS) is 18.8. The highest BCUT2D eigenvalue weighted by molar-refractivity contribution is 7.80. The highest BCUT2D eigenvalue weighted by Gasteiger charge is 2.30. The maximum absolute atomic E-state index is 12.4. The van der Waals surface area contributed by atoms with Crippen molar-refractivity contribution < 1.29 is 9.90 Å². The Morgan fingerprint density at radius 3 is 2.61 bits per heavy atom. The molecule has 0 radical (unpaired) electrons. The summed E-state index contributed by atoms with van der Waals surface area (Å²) in [5, 5.41) is 9.89. The minimum absolute atomic E-state index is 0.0406. The summed E-state index contributed by atoms with van der Waals surface area (Å²) >= 11 is 4.28. The van der Waals surface area contributed by atoms with Crippen molar-refractivity contribution in [3.63, 3.8) is 0 Å². The van der Waals surface area contributed by atoms with Gasteiger partial charge in [0.15, 0.2) is 0 Å². The van der Waals surface area contributed by atoms with E-state index in [9.17, 15) is 9.90 Å². The van der Waals surface area contributed by atoms with Gasteiger partial charge in [0.05, 0.1) is 5.60 Å². The molecule has 0 saturated carbocycles. The van der Waals surface area contributed by atoms with Crippen molar-refractivity contribution >= 4 is 18.5 Å². The first-order chi connectivity index (χ1) is 8.39. The van der Waals surface area contributed by atoms with Crippen LogP contribution < -0.4 is 0 Å². The van der Waals surface area contributed by atoms with Gasteiger partial charge >= 0.3 is 0 Å². The molecule has 4 heteroatoms. The summed E-state index contributed by atoms with van der Waals surface area (Å²) in [5.74, 6) is 0.0406. The number of rotatable bonds is 1. The van der Waals surface area contributed by atoms with Gasteiger partial charge in [-0.1, -0.05) is 6.07 Å². The number of thiol groups is 1. The third-order valence-corrected chi connectivity index (χ3v) is 3.86. The lowest BCUT2D eigenvalue weighted by Crippen LogP contribution is -2.45. The molecule has 1 aliphatic heterocycles. The molecule has 0 spiro atoms. The standard InChI is InChI=1S/C14H19NO2S/c1-10-3-4-11(18)9-12(10)13(16)15-7-5-14(2,17)6-8-15/h3-4,9,17-18H,5-8H2,1-2H3. The average Bonchev–Trinajstić information content (AvgIpc) is 2.31. The second-order valence-electron chi connectivity index (χ2n) is 5.29. The quantitative estimate of drug-likeness (QED) is 0.765. The maximum atomic E-state index is 12.4. The minimum atomic E-state index is -0.628. The molecule has 18 heavy (non-hydrogen) atoms. The number of benzene rings is 1. The number of carbonyl (C=O) groups excluding carboxylic acids is 1. The van der Waals surface area contributed by atoms with Gasteiger partial charge in [-0.3, -0.25) is 4.79 Å². The molecule has 0 atom stereocenters. The van der Waals surface area contributed by atoms with Gasteiger partial charge in [-0.05, 0) is 44.4 Å². The van der Waals surface area contributed by atoms with Crippen molar-refractivity contribution in [3.05, 3.63) is 29.3 Å². The van der Waals surface area contributed by atoms with Crippen LogP contribution in [0, 0.1) is 6.92 Å². The van der Waals surface area contributed by atoms with E-state index in [2.05, 4.69) is 12.6 Å². The Morgan fingerprint density at radius 2 is 2.00 bits per heavy atom. The number of piperidine rings is 1. The molecule has 1 amide bonds. The first-order valence-electron chi connectivity index (χ1n) is 6.20. The van der Waals surface area contributed by atoms with Gasteiger partial charge in [0.25, 0.3) is 5.91 Å². The molecular weight excluding hydrogens is 246 g/mol. The SMILES string of the molecule is Cc1ccc(S)cc1C(=O)N1CCC(C)(O)CC1. The van der Waals surface area contributed by atoms with E-state index in [1.165, 1.54) is 0 Å². The number of aliphatic hydroxyl groups is 1. The van der Waals surface area contributed by atoms with Gasteiger partial charge in [-0.2, -0.15) is 0 Å². The second kappa shape index (κ2) is 4.94. The first kappa shape index (κ1) is 13.4. The van der Waals surface area contributed by atoms with Crippen molar-refractivity contribution in [3.8, 4) is 0 Å². The Bertz CT molecular complexity index is 461. The van der Waals surface area contributed by atoms with Crippen molar-refractivity contribution in [2.24, 2.45) is 0 Å². The summed E-state index contributed by atoms with van der Waals surface area (Å²) in [5.41, 5.74) is 1.05. The summed E-state index contributed by atoms with van der Waals surface area (Å²) in [6.07, 6.45) is 1.27. The van der Waals surface area contributed by atoms with Crippen molar-refractivity contribution in [2.45, 2.75) is 37.2 Å². The predicted molar refractivity (Wildman–Crippen MR) is 74.2 cm³/mol. The van der Waals surface area contributed by atoms with Crippen LogP contribution in [-0.4, -0.2) is 34.6 Å². The molecular formula is C14H19NO2S. The Labute approximate surface area is 113 Å². The van der Waals surface area contributed by atoms with Crippen LogP contribution in [0.2, 0.25) is 0 Å². The number of amides is 1. The largest absolute Gasteiger partial charge is 0.390 e. The van der Waals surface area contributed by atoms with Crippen LogP contribution in [0.3, 0.4) is 0 Å². The Balaban J connectivity index is 2.15. The molecule has 1 heterocycles. The zero-order valence-corrected chi connectivity index (χ0v) is 11.7. The first-order valence-corrected chi connectivity index (χ1v) is 6.65. The molecule has 3 nitrogen and oxygen atoms in total. The number of likely N-dealkylation sites (tertiary alicyclic amines) is 1. The molecule has 2 rings (SSSR count). The van der Waals surface area contributed by atoms with E-state index < -0.39 is 5.60 Å². The molecule has 0 bridgehead atoms. The van der Waals surface area contributed by atoms with E-state index in [0.29, 0.717) is 31.5 Å². The van der Waals surface area contributed by atoms with Crippen molar-refractivity contribution in [1.82, 2.24) is 4.90 Å². The van der Waals surface area contributed by atoms with Gasteiger partial charge in [0, 0.05) is 23.5 Å². The lowest BCUT2D eigenvalue weighted by atomic mass is 9.93. The molecule has 1 aromatic carbocycles. The summed E-state index contributed by atoms with van der Waals surface area (Å²) in [6, 6.07) is 5.61. The number of hydrogen-bond acceptors (Lipinski definition) is 3. The van der Waals surface area contributed by atoms with E-state index in [1.807, 2.05) is 36.9 Å². The summed E-state index contributed by atoms with van der Waals surface area (Å²) in [7, 11) is 0. The Kier molecular flexibility index (Phi) is 3.69. The fraction of sp³-hybridized carbons (Fsp3) is 0.500. The van der Waals surface area contributed by atoms with Crippen molar-refractivity contribution in [1.29, 1.82) is 0 Å². The maximum Gasteiger partial charge on any atom is 0.254 e. The second-order valence-corrected chi connectivity index (χ2v) is 5.80. The molecule has 1 N–H and O–H groups in total. The van der Waals surface area contributed by atoms with Gasteiger partial charge in [0.2, 0.25) is 0 Å². The monoisotopic (exact) mass is 265 g/mol. The van der Waals surface area contributed by atoms with Crippen molar-refractivity contribution in [2.75, 3.05) is 13.1 Å². The van der Waals surface area contributed by atoms with Crippen LogP contribution in [0.1, 0.15) is 35.7 Å². The fourth-order valence-electron chi connectivity index (χ4n) is 2.20. The molecule has 1 aliphatic rings. The minimum Gasteiger partial charge on any atom is -0.390 e. The zero-order chi connectivity index (χ0) is 13.3. The summed E-state index contributed by atoms with van der Waals surface area (Å²) in [4.78, 5) is 15.0. The molecule has 98 valence electrons. The van der Waals surface area contributed by atoms with E-state index in [-0.39, 0.29) is 5.91 Å². The number of carbonyl (C=O) groups is 1. The van der Waals surface area contributed by atoms with E-state index in [0.717, 1.165) is 10.5 Å². The Morgan fingerprint density at radius 1 is 1.39 bits per heavy atom. The smallest absolute Gasteiger partial charge is 0.254 e. The molecule has 0 aliphatic carbocycles. The van der Waals surface area contributed by atoms with E-state index >= 15 is 0 Å². The van der Waals surface area contributed by atoms with Gasteiger partial charge in [0.1, 0.15) is 0 Å². The number of hydrogen-bond donors (Lipinski definition) is 2. The van der Waals surface area contributed by atoms with Gasteiger partial charge in [-0.15, -0.1) is 12.6 Å². The lowest BCUT2D eigenvalue weighted by Gasteiger charge is -2.36. The third kappa shape index (κ3) is 2.87. The highest BCUT2D eigenvalue weighted by Crippen LogP contribution is 2.24. The molecule has 1 aromatic rings. The van der Waals surface area contributed by atoms with Crippen LogP contribution in [-0.2, 0) is 0 Å².